The van der Waals surface area contributed by atoms with Crippen LogP contribution in [0, 0.1) is 5.92 Å². The van der Waals surface area contributed by atoms with Gasteiger partial charge in [-0.2, -0.15) is 0 Å². The van der Waals surface area contributed by atoms with Crippen molar-refractivity contribution < 1.29 is 0 Å². The Labute approximate surface area is 101 Å². The van der Waals surface area contributed by atoms with E-state index in [1.165, 1.54) is 12.0 Å². The molecule has 1 heteroatoms. The summed E-state index contributed by atoms with van der Waals surface area (Å²) in [6.07, 6.45) is 3.00. The highest BCUT2D eigenvalue weighted by atomic mass is 14.8. The average Bonchev–Trinajstić information content (AvgIpc) is 2.31. The smallest absolute Gasteiger partial charge is 0.0205 e. The van der Waals surface area contributed by atoms with Gasteiger partial charge in [-0.3, -0.25) is 0 Å². The molecule has 0 aliphatic rings. The Kier molecular flexibility index (Phi) is 9.73. The van der Waals surface area contributed by atoms with Crippen LogP contribution in [0.25, 0.3) is 0 Å². The first-order valence-electron chi connectivity index (χ1n) is 6.06. The number of hydrogen-bond acceptors (Lipinski definition) is 1. The SMILES string of the molecule is C=CC.CCC(C)CNCc1ccccc1. The quantitative estimate of drug-likeness (QED) is 0.738. The molecule has 1 nitrogen and oxygen atoms in total. The minimum absolute atomic E-state index is 0.781. The minimum Gasteiger partial charge on any atom is -0.312 e. The maximum Gasteiger partial charge on any atom is 0.0205 e. The van der Waals surface area contributed by atoms with Crippen LogP contribution in [-0.4, -0.2) is 6.54 Å². The topological polar surface area (TPSA) is 12.0 Å². The molecule has 1 aromatic rings. The van der Waals surface area contributed by atoms with Gasteiger partial charge in [-0.1, -0.05) is 56.7 Å². The Morgan fingerprint density at radius 2 is 1.88 bits per heavy atom. The van der Waals surface area contributed by atoms with Gasteiger partial charge < -0.3 is 5.32 Å². The fourth-order valence-corrected chi connectivity index (χ4v) is 1.20. The number of nitrogens with one attached hydrogen (secondary N) is 1. The van der Waals surface area contributed by atoms with Crippen molar-refractivity contribution in [2.45, 2.75) is 33.7 Å². The highest BCUT2D eigenvalue weighted by Crippen LogP contribution is 2.00. The maximum atomic E-state index is 3.45. The zero-order valence-corrected chi connectivity index (χ0v) is 10.9. The van der Waals surface area contributed by atoms with Crippen molar-refractivity contribution in [3.8, 4) is 0 Å². The van der Waals surface area contributed by atoms with Crippen molar-refractivity contribution in [1.82, 2.24) is 5.32 Å². The van der Waals surface area contributed by atoms with Crippen molar-refractivity contribution in [3.05, 3.63) is 48.6 Å². The van der Waals surface area contributed by atoms with Crippen molar-refractivity contribution >= 4 is 0 Å². The lowest BCUT2D eigenvalue weighted by Crippen LogP contribution is -2.20. The van der Waals surface area contributed by atoms with Crippen molar-refractivity contribution in [2.75, 3.05) is 6.54 Å². The third-order valence-corrected chi connectivity index (χ3v) is 2.36. The zero-order valence-electron chi connectivity index (χ0n) is 10.9. The molecule has 0 bridgehead atoms. The third-order valence-electron chi connectivity index (χ3n) is 2.36. The summed E-state index contributed by atoms with van der Waals surface area (Å²) in [5, 5.41) is 3.45. The summed E-state index contributed by atoms with van der Waals surface area (Å²) in [6, 6.07) is 10.5. The van der Waals surface area contributed by atoms with Gasteiger partial charge in [0.2, 0.25) is 0 Å². The summed E-state index contributed by atoms with van der Waals surface area (Å²) >= 11 is 0. The first kappa shape index (κ1) is 14.9. The number of hydrogen-bond donors (Lipinski definition) is 1. The van der Waals surface area contributed by atoms with Crippen LogP contribution >= 0.6 is 0 Å². The molecule has 0 amide bonds. The highest BCUT2D eigenvalue weighted by Gasteiger charge is 1.97. The monoisotopic (exact) mass is 219 g/mol. The number of benzene rings is 1. The summed E-state index contributed by atoms with van der Waals surface area (Å²) in [4.78, 5) is 0. The summed E-state index contributed by atoms with van der Waals surface area (Å²) in [5.74, 6) is 0.781. The second-order valence-corrected chi connectivity index (χ2v) is 4.04. The van der Waals surface area contributed by atoms with Gasteiger partial charge in [0.1, 0.15) is 0 Å². The van der Waals surface area contributed by atoms with Crippen LogP contribution in [0.2, 0.25) is 0 Å². The van der Waals surface area contributed by atoms with E-state index < -0.39 is 0 Å². The predicted molar refractivity (Wildman–Crippen MR) is 73.5 cm³/mol. The van der Waals surface area contributed by atoms with Gasteiger partial charge in [-0.25, -0.2) is 0 Å². The van der Waals surface area contributed by atoms with Crippen molar-refractivity contribution in [1.29, 1.82) is 0 Å². The molecule has 1 rings (SSSR count). The summed E-state index contributed by atoms with van der Waals surface area (Å²) < 4.78 is 0. The van der Waals surface area contributed by atoms with Crippen LogP contribution in [0.15, 0.2) is 43.0 Å². The lowest BCUT2D eigenvalue weighted by Gasteiger charge is -2.09. The van der Waals surface area contributed by atoms with Crippen LogP contribution in [0.1, 0.15) is 32.8 Å². The van der Waals surface area contributed by atoms with Gasteiger partial charge in [0.25, 0.3) is 0 Å². The van der Waals surface area contributed by atoms with Crippen LogP contribution in [0.4, 0.5) is 0 Å². The molecule has 1 aromatic carbocycles. The standard InChI is InChI=1S/C12H19N.C3H6/c1-3-11(2)9-13-10-12-7-5-4-6-8-12;1-3-2/h4-8,11,13H,3,9-10H2,1-2H3;3H,1H2,2H3. The van der Waals surface area contributed by atoms with E-state index in [0.29, 0.717) is 0 Å². The first-order chi connectivity index (χ1) is 7.74. The van der Waals surface area contributed by atoms with E-state index in [2.05, 4.69) is 56.1 Å². The molecule has 0 aliphatic heterocycles. The Balaban J connectivity index is 0.000000673. The fourth-order valence-electron chi connectivity index (χ4n) is 1.20. The summed E-state index contributed by atoms with van der Waals surface area (Å²) in [7, 11) is 0. The van der Waals surface area contributed by atoms with Gasteiger partial charge in [0.05, 0.1) is 0 Å². The van der Waals surface area contributed by atoms with E-state index in [-0.39, 0.29) is 0 Å². The zero-order chi connectivity index (χ0) is 12.2. The predicted octanol–water partition coefficient (Wildman–Crippen LogP) is 4.01. The van der Waals surface area contributed by atoms with Gasteiger partial charge in [0.15, 0.2) is 0 Å². The van der Waals surface area contributed by atoms with E-state index in [1.54, 1.807) is 6.08 Å². The van der Waals surface area contributed by atoms with E-state index in [0.717, 1.165) is 19.0 Å². The molecular formula is C15H25N. The normalized spacial score (nSPS) is 11.2. The number of rotatable bonds is 5. The Morgan fingerprint density at radius 1 is 1.31 bits per heavy atom. The first-order valence-corrected chi connectivity index (χ1v) is 6.06. The molecule has 0 radical (unpaired) electrons. The van der Waals surface area contributed by atoms with Gasteiger partial charge in [-0.15, -0.1) is 6.58 Å². The second-order valence-electron chi connectivity index (χ2n) is 4.04. The molecule has 0 fully saturated rings. The lowest BCUT2D eigenvalue weighted by molar-refractivity contribution is 0.500. The Bertz CT molecular complexity index is 253. The molecule has 1 N–H and O–H groups in total. The molecule has 1 unspecified atom stereocenters. The Hall–Kier alpha value is -1.08. The fraction of sp³-hybridized carbons (Fsp3) is 0.467. The van der Waals surface area contributed by atoms with Crippen LogP contribution in [-0.2, 0) is 6.54 Å². The minimum atomic E-state index is 0.781. The van der Waals surface area contributed by atoms with E-state index >= 15 is 0 Å². The highest BCUT2D eigenvalue weighted by molar-refractivity contribution is 5.14. The molecule has 0 saturated carbocycles. The summed E-state index contributed by atoms with van der Waals surface area (Å²) in [6.45, 7) is 11.9. The number of allylic oxidation sites excluding steroid dienone is 1. The lowest BCUT2D eigenvalue weighted by atomic mass is 10.1. The van der Waals surface area contributed by atoms with Gasteiger partial charge in [-0.05, 0) is 24.9 Å². The van der Waals surface area contributed by atoms with Crippen molar-refractivity contribution in [3.63, 3.8) is 0 Å². The molecule has 1 atom stereocenters. The molecule has 0 spiro atoms. The average molecular weight is 219 g/mol. The largest absolute Gasteiger partial charge is 0.312 e. The van der Waals surface area contributed by atoms with Crippen LogP contribution in [0.3, 0.4) is 0 Å². The van der Waals surface area contributed by atoms with Crippen molar-refractivity contribution in [2.24, 2.45) is 5.92 Å². The maximum absolute atomic E-state index is 3.45. The van der Waals surface area contributed by atoms with Crippen LogP contribution < -0.4 is 5.32 Å². The van der Waals surface area contributed by atoms with E-state index in [9.17, 15) is 0 Å². The van der Waals surface area contributed by atoms with Gasteiger partial charge >= 0.3 is 0 Å². The van der Waals surface area contributed by atoms with Gasteiger partial charge in [0, 0.05) is 6.54 Å². The molecule has 0 aliphatic carbocycles. The van der Waals surface area contributed by atoms with E-state index in [4.69, 9.17) is 0 Å². The molecular weight excluding hydrogens is 194 g/mol. The molecule has 90 valence electrons. The molecule has 0 saturated heterocycles. The third kappa shape index (κ3) is 8.25. The van der Waals surface area contributed by atoms with E-state index in [1.807, 2.05) is 6.92 Å². The van der Waals surface area contributed by atoms with Crippen LogP contribution in [0.5, 0.6) is 0 Å². The summed E-state index contributed by atoms with van der Waals surface area (Å²) in [5.41, 5.74) is 1.37. The molecule has 16 heavy (non-hydrogen) atoms. The second kappa shape index (κ2) is 10.4. The molecule has 0 aromatic heterocycles. The molecule has 0 heterocycles. The Morgan fingerprint density at radius 3 is 2.38 bits per heavy atom.